The van der Waals surface area contributed by atoms with Crippen LogP contribution in [-0.4, -0.2) is 24.8 Å². The van der Waals surface area contributed by atoms with Gasteiger partial charge in [-0.3, -0.25) is 5.32 Å². The molecule has 0 unspecified atom stereocenters. The van der Waals surface area contributed by atoms with Crippen LogP contribution in [0, 0.1) is 0 Å². The molecule has 1 heterocycles. The third kappa shape index (κ3) is 4.38. The van der Waals surface area contributed by atoms with E-state index in [1.807, 2.05) is 37.3 Å². The van der Waals surface area contributed by atoms with E-state index in [1.165, 1.54) is 7.11 Å². The average molecular weight is 287 g/mol. The maximum atomic E-state index is 11.0. The van der Waals surface area contributed by atoms with Gasteiger partial charge in [-0.05, 0) is 43.3 Å². The van der Waals surface area contributed by atoms with Crippen LogP contribution >= 0.6 is 0 Å². The Morgan fingerprint density at radius 1 is 1.14 bits per heavy atom. The fourth-order valence-corrected chi connectivity index (χ4v) is 1.67. The largest absolute Gasteiger partial charge is 0.494 e. The van der Waals surface area contributed by atoms with Gasteiger partial charge >= 0.3 is 6.09 Å². The van der Waals surface area contributed by atoms with E-state index in [9.17, 15) is 4.79 Å². The van der Waals surface area contributed by atoms with Crippen molar-refractivity contribution in [3.63, 3.8) is 0 Å². The summed E-state index contributed by atoms with van der Waals surface area (Å²) >= 11 is 0. The number of amides is 1. The highest BCUT2D eigenvalue weighted by molar-refractivity contribution is 5.83. The van der Waals surface area contributed by atoms with Crippen LogP contribution in [0.25, 0.3) is 0 Å². The zero-order valence-electron chi connectivity index (χ0n) is 11.9. The first-order valence-corrected chi connectivity index (χ1v) is 6.52. The lowest BCUT2D eigenvalue weighted by atomic mass is 10.3. The molecule has 21 heavy (non-hydrogen) atoms. The monoisotopic (exact) mass is 287 g/mol. The molecule has 0 atom stereocenters. The fourth-order valence-electron chi connectivity index (χ4n) is 1.67. The van der Waals surface area contributed by atoms with E-state index < -0.39 is 6.09 Å². The zero-order valence-corrected chi connectivity index (χ0v) is 11.9. The van der Waals surface area contributed by atoms with Crippen LogP contribution in [0.5, 0.6) is 5.75 Å². The Balaban J connectivity index is 1.97. The van der Waals surface area contributed by atoms with Crippen LogP contribution in [0.2, 0.25) is 0 Å². The van der Waals surface area contributed by atoms with Gasteiger partial charge in [0.05, 0.1) is 25.6 Å². The molecule has 0 fully saturated rings. The maximum absolute atomic E-state index is 11.0. The van der Waals surface area contributed by atoms with Gasteiger partial charge in [0.25, 0.3) is 0 Å². The molecule has 6 nitrogen and oxygen atoms in total. The molecule has 2 rings (SSSR count). The summed E-state index contributed by atoms with van der Waals surface area (Å²) in [5.41, 5.74) is 1.74. The standard InChI is InChI=1S/C15H17N3O3/c1-3-21-13-7-4-11(5-8-13)17-12-6-9-14(16-10-12)18-15(19)20-2/h4-10,17H,3H2,1-2H3,(H,16,18,19). The van der Waals surface area contributed by atoms with Gasteiger partial charge in [-0.1, -0.05) is 0 Å². The lowest BCUT2D eigenvalue weighted by Gasteiger charge is -2.08. The maximum Gasteiger partial charge on any atom is 0.412 e. The fraction of sp³-hybridized carbons (Fsp3) is 0.200. The van der Waals surface area contributed by atoms with Gasteiger partial charge in [0, 0.05) is 5.69 Å². The summed E-state index contributed by atoms with van der Waals surface area (Å²) in [4.78, 5) is 15.2. The van der Waals surface area contributed by atoms with Gasteiger partial charge in [0.1, 0.15) is 11.6 Å². The summed E-state index contributed by atoms with van der Waals surface area (Å²) in [6, 6.07) is 11.1. The number of carbonyl (C=O) groups is 1. The molecule has 0 aliphatic rings. The molecule has 2 aromatic rings. The molecule has 1 aromatic carbocycles. The van der Waals surface area contributed by atoms with E-state index in [0.717, 1.165) is 17.1 Å². The molecule has 0 radical (unpaired) electrons. The molecule has 0 aliphatic heterocycles. The van der Waals surface area contributed by atoms with Gasteiger partial charge in [-0.15, -0.1) is 0 Å². The van der Waals surface area contributed by atoms with Crippen molar-refractivity contribution in [1.29, 1.82) is 0 Å². The summed E-state index contributed by atoms with van der Waals surface area (Å²) in [6.07, 6.45) is 1.08. The van der Waals surface area contributed by atoms with E-state index in [-0.39, 0.29) is 0 Å². The first-order valence-electron chi connectivity index (χ1n) is 6.52. The van der Waals surface area contributed by atoms with Crippen LogP contribution in [0.4, 0.5) is 22.0 Å². The number of ether oxygens (including phenoxy) is 2. The SMILES string of the molecule is CCOc1ccc(Nc2ccc(NC(=O)OC)nc2)cc1. The number of nitrogens with one attached hydrogen (secondary N) is 2. The smallest absolute Gasteiger partial charge is 0.412 e. The van der Waals surface area contributed by atoms with Crippen molar-refractivity contribution in [3.8, 4) is 5.75 Å². The van der Waals surface area contributed by atoms with Crippen molar-refractivity contribution >= 4 is 23.3 Å². The minimum atomic E-state index is -0.547. The minimum absolute atomic E-state index is 0.430. The summed E-state index contributed by atoms with van der Waals surface area (Å²) in [5.74, 6) is 1.26. The van der Waals surface area contributed by atoms with Gasteiger partial charge in [0.2, 0.25) is 0 Å². The van der Waals surface area contributed by atoms with Gasteiger partial charge < -0.3 is 14.8 Å². The molecule has 0 aliphatic carbocycles. The number of aromatic nitrogens is 1. The first-order chi connectivity index (χ1) is 10.2. The highest BCUT2D eigenvalue weighted by Gasteiger charge is 2.02. The Labute approximate surface area is 123 Å². The molecule has 6 heteroatoms. The van der Waals surface area contributed by atoms with E-state index in [2.05, 4.69) is 20.4 Å². The van der Waals surface area contributed by atoms with Crippen LogP contribution in [-0.2, 0) is 4.74 Å². The average Bonchev–Trinajstić information content (AvgIpc) is 2.51. The molecule has 1 aromatic heterocycles. The van der Waals surface area contributed by atoms with Crippen molar-refractivity contribution in [1.82, 2.24) is 4.98 Å². The Morgan fingerprint density at radius 3 is 2.43 bits per heavy atom. The number of methoxy groups -OCH3 is 1. The molecule has 0 saturated heterocycles. The summed E-state index contributed by atoms with van der Waals surface area (Å²) < 4.78 is 9.88. The summed E-state index contributed by atoms with van der Waals surface area (Å²) in [5, 5.41) is 5.69. The predicted octanol–water partition coefficient (Wildman–Crippen LogP) is 3.40. The number of pyridine rings is 1. The molecule has 0 spiro atoms. The minimum Gasteiger partial charge on any atom is -0.494 e. The van der Waals surface area contributed by atoms with E-state index in [0.29, 0.717) is 12.4 Å². The topological polar surface area (TPSA) is 72.5 Å². The highest BCUT2D eigenvalue weighted by Crippen LogP contribution is 2.20. The Morgan fingerprint density at radius 2 is 1.86 bits per heavy atom. The normalized spacial score (nSPS) is 9.81. The van der Waals surface area contributed by atoms with Crippen LogP contribution in [0.15, 0.2) is 42.6 Å². The van der Waals surface area contributed by atoms with Crippen LogP contribution in [0.3, 0.4) is 0 Å². The number of hydrogen-bond acceptors (Lipinski definition) is 5. The van der Waals surface area contributed by atoms with Gasteiger partial charge in [-0.25, -0.2) is 9.78 Å². The molecule has 110 valence electrons. The third-order valence-electron chi connectivity index (χ3n) is 2.63. The Hall–Kier alpha value is -2.76. The number of nitrogens with zero attached hydrogens (tertiary/aromatic N) is 1. The predicted molar refractivity (Wildman–Crippen MR) is 81.2 cm³/mol. The lowest BCUT2D eigenvalue weighted by Crippen LogP contribution is -2.11. The van der Waals surface area contributed by atoms with Crippen molar-refractivity contribution in [2.75, 3.05) is 24.4 Å². The van der Waals surface area contributed by atoms with Crippen LogP contribution in [0.1, 0.15) is 6.92 Å². The third-order valence-corrected chi connectivity index (χ3v) is 2.63. The summed E-state index contributed by atoms with van der Waals surface area (Å²) in [7, 11) is 1.30. The quantitative estimate of drug-likeness (QED) is 0.881. The van der Waals surface area contributed by atoms with Crippen molar-refractivity contribution in [3.05, 3.63) is 42.6 Å². The van der Waals surface area contributed by atoms with Gasteiger partial charge in [0.15, 0.2) is 0 Å². The molecular weight excluding hydrogens is 270 g/mol. The Kier molecular flexibility index (Phi) is 4.98. The lowest BCUT2D eigenvalue weighted by molar-refractivity contribution is 0.187. The number of carbonyl (C=O) groups excluding carboxylic acids is 1. The summed E-state index contributed by atoms with van der Waals surface area (Å²) in [6.45, 7) is 2.59. The molecular formula is C15H17N3O3. The number of hydrogen-bond donors (Lipinski definition) is 2. The second-order valence-electron chi connectivity index (χ2n) is 4.13. The van der Waals surface area contributed by atoms with E-state index >= 15 is 0 Å². The first kappa shape index (κ1) is 14.6. The zero-order chi connectivity index (χ0) is 15.1. The van der Waals surface area contributed by atoms with Crippen molar-refractivity contribution in [2.24, 2.45) is 0 Å². The second kappa shape index (κ2) is 7.14. The number of rotatable bonds is 5. The molecule has 0 saturated carbocycles. The highest BCUT2D eigenvalue weighted by atomic mass is 16.5. The Bertz CT molecular complexity index is 582. The second-order valence-corrected chi connectivity index (χ2v) is 4.13. The van der Waals surface area contributed by atoms with Crippen molar-refractivity contribution < 1.29 is 14.3 Å². The van der Waals surface area contributed by atoms with Crippen molar-refractivity contribution in [2.45, 2.75) is 6.92 Å². The number of anilines is 3. The van der Waals surface area contributed by atoms with Gasteiger partial charge in [-0.2, -0.15) is 0 Å². The van der Waals surface area contributed by atoms with Crippen LogP contribution < -0.4 is 15.4 Å². The molecule has 0 bridgehead atoms. The van der Waals surface area contributed by atoms with E-state index in [1.54, 1.807) is 12.3 Å². The molecule has 2 N–H and O–H groups in total. The molecule has 1 amide bonds. The number of benzene rings is 1. The van der Waals surface area contributed by atoms with E-state index in [4.69, 9.17) is 4.74 Å².